The highest BCUT2D eigenvalue weighted by Gasteiger charge is 2.30. The van der Waals surface area contributed by atoms with E-state index in [0.717, 1.165) is 30.3 Å². The van der Waals surface area contributed by atoms with Gasteiger partial charge in [-0.25, -0.2) is 17.2 Å². The topological polar surface area (TPSA) is 110 Å². The number of carbonyl (C=O) groups excluding carboxylic acids is 1. The van der Waals surface area contributed by atoms with Crippen LogP contribution in [-0.4, -0.2) is 61.2 Å². The molecule has 2 aromatic carbocycles. The zero-order chi connectivity index (χ0) is 21.9. The number of amides is 1. The van der Waals surface area contributed by atoms with Gasteiger partial charge in [0.2, 0.25) is 15.8 Å². The predicted octanol–water partition coefficient (Wildman–Crippen LogP) is 1.78. The number of sulfonamides is 1. The zero-order valence-electron chi connectivity index (χ0n) is 15.5. The van der Waals surface area contributed by atoms with Crippen LogP contribution in [0.5, 0.6) is 5.75 Å². The third-order valence-electron chi connectivity index (χ3n) is 4.51. The summed E-state index contributed by atoms with van der Waals surface area (Å²) >= 11 is 0. The van der Waals surface area contributed by atoms with Gasteiger partial charge < -0.3 is 9.64 Å². The fourth-order valence-corrected chi connectivity index (χ4v) is 4.34. The Balaban J connectivity index is 1.59. The van der Waals surface area contributed by atoms with Gasteiger partial charge in [0, 0.05) is 38.3 Å². The number of rotatable bonds is 6. The molecule has 3 rings (SSSR count). The highest BCUT2D eigenvalue weighted by atomic mass is 32.2. The van der Waals surface area contributed by atoms with Crippen molar-refractivity contribution >= 4 is 21.6 Å². The lowest BCUT2D eigenvalue weighted by Crippen LogP contribution is -2.51. The number of benzene rings is 2. The van der Waals surface area contributed by atoms with Crippen LogP contribution in [-0.2, 0) is 14.8 Å². The van der Waals surface area contributed by atoms with E-state index in [9.17, 15) is 32.1 Å². The summed E-state index contributed by atoms with van der Waals surface area (Å²) in [4.78, 5) is 23.8. The molecule has 1 saturated heterocycles. The van der Waals surface area contributed by atoms with Crippen molar-refractivity contribution in [3.8, 4) is 5.75 Å². The first kappa shape index (κ1) is 21.6. The third-order valence-corrected chi connectivity index (χ3v) is 6.43. The number of hydrogen-bond acceptors (Lipinski definition) is 6. The number of nitro benzene ring substituents is 1. The van der Waals surface area contributed by atoms with Gasteiger partial charge in [-0.3, -0.25) is 14.9 Å². The fraction of sp³-hybridized carbons (Fsp3) is 0.278. The molecular weight excluding hydrogens is 424 g/mol. The summed E-state index contributed by atoms with van der Waals surface area (Å²) in [6, 6.07) is 7.11. The maximum Gasteiger partial charge on any atom is 0.311 e. The molecular formula is C18H17F2N3O6S. The molecule has 0 bridgehead atoms. The van der Waals surface area contributed by atoms with Gasteiger partial charge in [-0.2, -0.15) is 4.31 Å². The van der Waals surface area contributed by atoms with Crippen LogP contribution in [0.2, 0.25) is 0 Å². The predicted molar refractivity (Wildman–Crippen MR) is 100 cm³/mol. The van der Waals surface area contributed by atoms with E-state index in [1.54, 1.807) is 0 Å². The molecule has 30 heavy (non-hydrogen) atoms. The molecule has 0 N–H and O–H groups in total. The smallest absolute Gasteiger partial charge is 0.311 e. The van der Waals surface area contributed by atoms with Crippen LogP contribution in [0.25, 0.3) is 0 Å². The molecule has 1 heterocycles. The number of ether oxygens (including phenoxy) is 1. The number of hydrogen-bond donors (Lipinski definition) is 0. The van der Waals surface area contributed by atoms with E-state index in [1.807, 2.05) is 0 Å². The molecule has 0 aromatic heterocycles. The van der Waals surface area contributed by atoms with Crippen molar-refractivity contribution < 1.29 is 31.7 Å². The van der Waals surface area contributed by atoms with Gasteiger partial charge in [-0.05, 0) is 30.3 Å². The van der Waals surface area contributed by atoms with Gasteiger partial charge in [0.25, 0.3) is 5.91 Å². The van der Waals surface area contributed by atoms with Gasteiger partial charge in [-0.15, -0.1) is 0 Å². The lowest BCUT2D eigenvalue weighted by Gasteiger charge is -2.33. The van der Waals surface area contributed by atoms with E-state index in [0.29, 0.717) is 0 Å². The van der Waals surface area contributed by atoms with Crippen molar-refractivity contribution in [2.75, 3.05) is 32.8 Å². The molecule has 0 unspecified atom stereocenters. The van der Waals surface area contributed by atoms with Gasteiger partial charge in [0.05, 0.1) is 9.82 Å². The van der Waals surface area contributed by atoms with Gasteiger partial charge in [0.1, 0.15) is 11.6 Å². The summed E-state index contributed by atoms with van der Waals surface area (Å²) in [7, 11) is -3.82. The van der Waals surface area contributed by atoms with E-state index in [2.05, 4.69) is 0 Å². The average Bonchev–Trinajstić information content (AvgIpc) is 2.72. The molecule has 2 aromatic rings. The van der Waals surface area contributed by atoms with Crippen LogP contribution < -0.4 is 4.74 Å². The van der Waals surface area contributed by atoms with Crippen LogP contribution in [0.15, 0.2) is 47.4 Å². The van der Waals surface area contributed by atoms with Crippen molar-refractivity contribution in [1.29, 1.82) is 0 Å². The second kappa shape index (κ2) is 8.71. The summed E-state index contributed by atoms with van der Waals surface area (Å²) in [6.45, 7) is -0.367. The molecule has 1 fully saturated rings. The zero-order valence-corrected chi connectivity index (χ0v) is 16.3. The molecule has 160 valence electrons. The van der Waals surface area contributed by atoms with Crippen LogP contribution in [0.3, 0.4) is 0 Å². The first-order chi connectivity index (χ1) is 14.2. The molecule has 1 aliphatic rings. The average molecular weight is 441 g/mol. The minimum Gasteiger partial charge on any atom is -0.477 e. The van der Waals surface area contributed by atoms with E-state index >= 15 is 0 Å². The van der Waals surface area contributed by atoms with E-state index in [1.165, 1.54) is 21.3 Å². The molecule has 0 atom stereocenters. The second-order valence-electron chi connectivity index (χ2n) is 6.40. The summed E-state index contributed by atoms with van der Waals surface area (Å²) in [5.74, 6) is -2.19. The molecule has 9 nitrogen and oxygen atoms in total. The van der Waals surface area contributed by atoms with E-state index < -0.39 is 44.8 Å². The molecule has 0 spiro atoms. The largest absolute Gasteiger partial charge is 0.477 e. The lowest BCUT2D eigenvalue weighted by atomic mass is 10.3. The fourth-order valence-electron chi connectivity index (χ4n) is 2.92. The maximum absolute atomic E-state index is 13.3. The number of carbonyl (C=O) groups is 1. The first-order valence-electron chi connectivity index (χ1n) is 8.79. The molecule has 1 aliphatic heterocycles. The Morgan fingerprint density at radius 1 is 1.03 bits per heavy atom. The standard InChI is InChI=1S/C18H17F2N3O6S/c19-13-1-4-15(5-2-13)30(27,28)22-9-7-21(8-10-22)18(24)12-29-17-11-14(20)3-6-16(17)23(25)26/h1-6,11H,7-10,12H2. The Labute approximate surface area is 170 Å². The summed E-state index contributed by atoms with van der Waals surface area (Å²) < 4.78 is 57.8. The Hall–Kier alpha value is -3.12. The number of piperazine rings is 1. The van der Waals surface area contributed by atoms with E-state index in [4.69, 9.17) is 4.74 Å². The van der Waals surface area contributed by atoms with Gasteiger partial charge in [0.15, 0.2) is 6.61 Å². The van der Waals surface area contributed by atoms with Gasteiger partial charge >= 0.3 is 5.69 Å². The number of halogens is 2. The Morgan fingerprint density at radius 3 is 2.23 bits per heavy atom. The number of nitro groups is 1. The Morgan fingerprint density at radius 2 is 1.63 bits per heavy atom. The first-order valence-corrected chi connectivity index (χ1v) is 10.2. The minimum absolute atomic E-state index is 0.0194. The molecule has 1 amide bonds. The van der Waals surface area contributed by atoms with E-state index in [-0.39, 0.29) is 36.8 Å². The highest BCUT2D eigenvalue weighted by Crippen LogP contribution is 2.27. The maximum atomic E-state index is 13.3. The minimum atomic E-state index is -3.82. The van der Waals surface area contributed by atoms with Crippen molar-refractivity contribution in [3.05, 3.63) is 64.2 Å². The third kappa shape index (κ3) is 4.71. The quantitative estimate of drug-likeness (QED) is 0.499. The van der Waals surface area contributed by atoms with Crippen molar-refractivity contribution in [1.82, 2.24) is 9.21 Å². The lowest BCUT2D eigenvalue weighted by molar-refractivity contribution is -0.385. The Bertz CT molecular complexity index is 1050. The second-order valence-corrected chi connectivity index (χ2v) is 8.33. The van der Waals surface area contributed by atoms with Gasteiger partial charge in [-0.1, -0.05) is 0 Å². The summed E-state index contributed by atoms with van der Waals surface area (Å²) in [5.41, 5.74) is -0.473. The summed E-state index contributed by atoms with van der Waals surface area (Å²) in [5, 5.41) is 11.0. The molecule has 12 heteroatoms. The van der Waals surface area contributed by atoms with Crippen LogP contribution >= 0.6 is 0 Å². The van der Waals surface area contributed by atoms with Crippen molar-refractivity contribution in [3.63, 3.8) is 0 Å². The van der Waals surface area contributed by atoms with Crippen molar-refractivity contribution in [2.24, 2.45) is 0 Å². The van der Waals surface area contributed by atoms with Crippen LogP contribution in [0.1, 0.15) is 0 Å². The SMILES string of the molecule is O=C(COc1cc(F)ccc1[N+](=O)[O-])N1CCN(S(=O)(=O)c2ccc(F)cc2)CC1. The molecule has 0 aliphatic carbocycles. The molecule has 0 radical (unpaired) electrons. The van der Waals surface area contributed by atoms with Crippen molar-refractivity contribution in [2.45, 2.75) is 4.90 Å². The number of nitrogens with zero attached hydrogens (tertiary/aromatic N) is 3. The van der Waals surface area contributed by atoms with Crippen LogP contribution in [0, 0.1) is 21.7 Å². The highest BCUT2D eigenvalue weighted by molar-refractivity contribution is 7.89. The Kier molecular flexibility index (Phi) is 6.27. The summed E-state index contributed by atoms with van der Waals surface area (Å²) in [6.07, 6.45) is 0. The normalized spacial score (nSPS) is 15.1. The monoisotopic (exact) mass is 441 g/mol. The van der Waals surface area contributed by atoms with Crippen LogP contribution in [0.4, 0.5) is 14.5 Å². The molecule has 0 saturated carbocycles.